The van der Waals surface area contributed by atoms with E-state index in [4.69, 9.17) is 0 Å². The molecule has 5 heteroatoms. The molecule has 1 saturated carbocycles. The quantitative estimate of drug-likeness (QED) is 0.714. The fraction of sp³-hybridized carbons (Fsp3) is 0.786. The summed E-state index contributed by atoms with van der Waals surface area (Å²) in [6, 6.07) is 0.700. The molecule has 106 valence electrons. The monoisotopic (exact) mass is 264 g/mol. The Morgan fingerprint density at radius 2 is 2.00 bits per heavy atom. The molecule has 5 nitrogen and oxygen atoms in total. The van der Waals surface area contributed by atoms with Crippen molar-refractivity contribution in [1.29, 1.82) is 0 Å². The van der Waals surface area contributed by atoms with Crippen LogP contribution in [-0.2, 0) is 4.79 Å². The van der Waals surface area contributed by atoms with E-state index >= 15 is 0 Å². The number of hydrogen-bond donors (Lipinski definition) is 2. The summed E-state index contributed by atoms with van der Waals surface area (Å²) in [7, 11) is 0. The van der Waals surface area contributed by atoms with Gasteiger partial charge in [-0.3, -0.25) is 4.79 Å². The minimum atomic E-state index is -0.135. The molecule has 1 heterocycles. The Labute approximate surface area is 114 Å². The van der Waals surface area contributed by atoms with E-state index in [9.17, 15) is 4.79 Å². The topological polar surface area (TPSA) is 65.8 Å². The SMILES string of the molecule is O=C(NCCCNC1CCCCC1)C1C=NN=CC1. The maximum Gasteiger partial charge on any atom is 0.228 e. The van der Waals surface area contributed by atoms with Crippen LogP contribution in [-0.4, -0.2) is 37.5 Å². The van der Waals surface area contributed by atoms with Gasteiger partial charge >= 0.3 is 0 Å². The van der Waals surface area contributed by atoms with E-state index < -0.39 is 0 Å². The van der Waals surface area contributed by atoms with E-state index in [1.165, 1.54) is 32.1 Å². The molecule has 0 aromatic carbocycles. The zero-order chi connectivity index (χ0) is 13.3. The Bertz CT molecular complexity index is 334. The van der Waals surface area contributed by atoms with Crippen LogP contribution >= 0.6 is 0 Å². The Kier molecular flexibility index (Phi) is 6.01. The van der Waals surface area contributed by atoms with Crippen LogP contribution in [0.3, 0.4) is 0 Å². The molecule has 0 radical (unpaired) electrons. The minimum Gasteiger partial charge on any atom is -0.355 e. The van der Waals surface area contributed by atoms with Crippen LogP contribution in [0.25, 0.3) is 0 Å². The van der Waals surface area contributed by atoms with Gasteiger partial charge in [0.1, 0.15) is 0 Å². The number of carbonyl (C=O) groups excluding carboxylic acids is 1. The van der Waals surface area contributed by atoms with Crippen molar-refractivity contribution in [3.05, 3.63) is 0 Å². The highest BCUT2D eigenvalue weighted by Crippen LogP contribution is 2.17. The van der Waals surface area contributed by atoms with Crippen molar-refractivity contribution >= 4 is 18.3 Å². The van der Waals surface area contributed by atoms with Crippen molar-refractivity contribution in [2.75, 3.05) is 13.1 Å². The van der Waals surface area contributed by atoms with Gasteiger partial charge in [0.15, 0.2) is 0 Å². The van der Waals surface area contributed by atoms with Gasteiger partial charge in [-0.2, -0.15) is 10.2 Å². The molecule has 1 atom stereocenters. The first-order valence-electron chi connectivity index (χ1n) is 7.42. The lowest BCUT2D eigenvalue weighted by atomic mass is 9.95. The summed E-state index contributed by atoms with van der Waals surface area (Å²) < 4.78 is 0. The lowest BCUT2D eigenvalue weighted by Gasteiger charge is -2.22. The molecule has 2 rings (SSSR count). The fourth-order valence-electron chi connectivity index (χ4n) is 2.61. The van der Waals surface area contributed by atoms with E-state index in [0.717, 1.165) is 19.5 Å². The molecule has 1 aliphatic heterocycles. The number of amides is 1. The van der Waals surface area contributed by atoms with Crippen LogP contribution < -0.4 is 10.6 Å². The highest BCUT2D eigenvalue weighted by atomic mass is 16.1. The second-order valence-electron chi connectivity index (χ2n) is 5.34. The first-order valence-corrected chi connectivity index (χ1v) is 7.42. The molecule has 19 heavy (non-hydrogen) atoms. The van der Waals surface area contributed by atoms with Gasteiger partial charge in [0, 0.05) is 31.4 Å². The van der Waals surface area contributed by atoms with Crippen LogP contribution in [0, 0.1) is 5.92 Å². The summed E-state index contributed by atoms with van der Waals surface area (Å²) >= 11 is 0. The second-order valence-corrected chi connectivity index (χ2v) is 5.34. The van der Waals surface area contributed by atoms with Crippen LogP contribution in [0.1, 0.15) is 44.9 Å². The van der Waals surface area contributed by atoms with Gasteiger partial charge in [-0.1, -0.05) is 19.3 Å². The van der Waals surface area contributed by atoms with Crippen molar-refractivity contribution in [1.82, 2.24) is 10.6 Å². The molecule has 1 aliphatic carbocycles. The number of carbonyl (C=O) groups is 1. The molecular weight excluding hydrogens is 240 g/mol. The zero-order valence-corrected chi connectivity index (χ0v) is 11.5. The minimum absolute atomic E-state index is 0.0626. The smallest absolute Gasteiger partial charge is 0.228 e. The normalized spacial score (nSPS) is 23.5. The molecule has 1 fully saturated rings. The average molecular weight is 264 g/mol. The van der Waals surface area contributed by atoms with E-state index in [2.05, 4.69) is 20.8 Å². The van der Waals surface area contributed by atoms with Gasteiger partial charge in [0.25, 0.3) is 0 Å². The lowest BCUT2D eigenvalue weighted by Crippen LogP contribution is -2.36. The fourth-order valence-corrected chi connectivity index (χ4v) is 2.61. The standard InChI is InChI=1S/C14H24N4O/c19-14(12-7-10-17-18-11-12)16-9-4-8-15-13-5-2-1-3-6-13/h10-13,15H,1-9H2,(H,16,19). The summed E-state index contributed by atoms with van der Waals surface area (Å²) in [5.74, 6) is -0.0728. The Morgan fingerprint density at radius 3 is 2.74 bits per heavy atom. The first kappa shape index (κ1) is 14.2. The average Bonchev–Trinajstić information content (AvgIpc) is 2.49. The maximum absolute atomic E-state index is 11.8. The molecule has 2 aliphatic rings. The second kappa shape index (κ2) is 8.04. The molecule has 0 spiro atoms. The van der Waals surface area contributed by atoms with Gasteiger partial charge in [0.2, 0.25) is 5.91 Å². The summed E-state index contributed by atoms with van der Waals surface area (Å²) in [4.78, 5) is 11.8. The Morgan fingerprint density at radius 1 is 1.16 bits per heavy atom. The molecule has 1 unspecified atom stereocenters. The van der Waals surface area contributed by atoms with Gasteiger partial charge in [0.05, 0.1) is 5.92 Å². The Hall–Kier alpha value is -1.23. The summed E-state index contributed by atoms with van der Waals surface area (Å²) in [5, 5.41) is 14.0. The summed E-state index contributed by atoms with van der Waals surface area (Å²) in [6.45, 7) is 1.73. The molecule has 2 N–H and O–H groups in total. The van der Waals surface area contributed by atoms with Crippen LogP contribution in [0.2, 0.25) is 0 Å². The number of hydrogen-bond acceptors (Lipinski definition) is 4. The largest absolute Gasteiger partial charge is 0.355 e. The number of rotatable bonds is 6. The molecular formula is C14H24N4O. The predicted octanol–water partition coefficient (Wildman–Crippen LogP) is 1.49. The predicted molar refractivity (Wildman–Crippen MR) is 77.6 cm³/mol. The van der Waals surface area contributed by atoms with Crippen molar-refractivity contribution in [3.8, 4) is 0 Å². The van der Waals surface area contributed by atoms with Gasteiger partial charge < -0.3 is 10.6 Å². The van der Waals surface area contributed by atoms with Crippen LogP contribution in [0.4, 0.5) is 0 Å². The Balaban J connectivity index is 1.50. The molecule has 0 saturated heterocycles. The van der Waals surface area contributed by atoms with Gasteiger partial charge in [-0.15, -0.1) is 0 Å². The van der Waals surface area contributed by atoms with E-state index in [1.807, 2.05) is 0 Å². The van der Waals surface area contributed by atoms with Crippen LogP contribution in [0.15, 0.2) is 10.2 Å². The van der Waals surface area contributed by atoms with Crippen molar-refractivity contribution < 1.29 is 4.79 Å². The number of nitrogens with zero attached hydrogens (tertiary/aromatic N) is 2. The highest BCUT2D eigenvalue weighted by molar-refractivity contribution is 5.96. The first-order chi connectivity index (χ1) is 9.36. The highest BCUT2D eigenvalue weighted by Gasteiger charge is 2.16. The van der Waals surface area contributed by atoms with E-state index in [0.29, 0.717) is 12.5 Å². The summed E-state index contributed by atoms with van der Waals surface area (Å²) in [6.07, 6.45) is 11.7. The lowest BCUT2D eigenvalue weighted by molar-refractivity contribution is -0.122. The summed E-state index contributed by atoms with van der Waals surface area (Å²) in [5.41, 5.74) is 0. The number of nitrogens with one attached hydrogen (secondary N) is 2. The maximum atomic E-state index is 11.8. The molecule has 0 aromatic heterocycles. The van der Waals surface area contributed by atoms with Crippen molar-refractivity contribution in [3.63, 3.8) is 0 Å². The van der Waals surface area contributed by atoms with E-state index in [1.54, 1.807) is 12.4 Å². The van der Waals surface area contributed by atoms with Gasteiger partial charge in [-0.05, 0) is 25.8 Å². The van der Waals surface area contributed by atoms with Gasteiger partial charge in [-0.25, -0.2) is 0 Å². The van der Waals surface area contributed by atoms with Crippen molar-refractivity contribution in [2.45, 2.75) is 51.0 Å². The molecule has 0 aromatic rings. The van der Waals surface area contributed by atoms with Crippen LogP contribution in [0.5, 0.6) is 0 Å². The molecule has 1 amide bonds. The van der Waals surface area contributed by atoms with Crippen molar-refractivity contribution in [2.24, 2.45) is 16.1 Å². The third-order valence-electron chi connectivity index (χ3n) is 3.78. The zero-order valence-electron chi connectivity index (χ0n) is 11.5. The third kappa shape index (κ3) is 5.11. The van der Waals surface area contributed by atoms with E-state index in [-0.39, 0.29) is 11.8 Å². The molecule has 0 bridgehead atoms. The third-order valence-corrected chi connectivity index (χ3v) is 3.78.